The van der Waals surface area contributed by atoms with Gasteiger partial charge in [0.15, 0.2) is 0 Å². The molecule has 0 heterocycles. The molecular formula is C12H24N2O2. The van der Waals surface area contributed by atoms with Crippen LogP contribution in [-0.2, 0) is 9.53 Å². The Morgan fingerprint density at radius 1 is 1.56 bits per heavy atom. The molecule has 3 N–H and O–H groups in total. The molecule has 1 rings (SSSR count). The molecule has 1 amide bonds. The van der Waals surface area contributed by atoms with Crippen molar-refractivity contribution in [1.29, 1.82) is 0 Å². The van der Waals surface area contributed by atoms with E-state index in [4.69, 9.17) is 10.5 Å². The van der Waals surface area contributed by atoms with Crippen molar-refractivity contribution in [2.75, 3.05) is 26.3 Å². The van der Waals surface area contributed by atoms with E-state index >= 15 is 0 Å². The summed E-state index contributed by atoms with van der Waals surface area (Å²) in [6, 6.07) is 0. The van der Waals surface area contributed by atoms with Crippen molar-refractivity contribution in [3.05, 3.63) is 0 Å². The molecule has 1 atom stereocenters. The van der Waals surface area contributed by atoms with Crippen molar-refractivity contribution in [2.24, 2.45) is 17.6 Å². The second-order valence-corrected chi connectivity index (χ2v) is 4.53. The molecule has 0 saturated heterocycles. The highest BCUT2D eigenvalue weighted by molar-refractivity contribution is 5.78. The fourth-order valence-corrected chi connectivity index (χ4v) is 1.63. The van der Waals surface area contributed by atoms with Crippen LogP contribution in [0.2, 0.25) is 0 Å². The summed E-state index contributed by atoms with van der Waals surface area (Å²) in [6.45, 7) is 4.57. The normalized spacial score (nSPS) is 17.1. The minimum absolute atomic E-state index is 0.0339. The van der Waals surface area contributed by atoms with E-state index in [0.29, 0.717) is 19.7 Å². The van der Waals surface area contributed by atoms with Crippen molar-refractivity contribution >= 4 is 5.91 Å². The van der Waals surface area contributed by atoms with Crippen molar-refractivity contribution in [2.45, 2.75) is 32.6 Å². The quantitative estimate of drug-likeness (QED) is 0.576. The van der Waals surface area contributed by atoms with Crippen molar-refractivity contribution in [1.82, 2.24) is 5.32 Å². The molecule has 94 valence electrons. The standard InChI is InChI=1S/C12H24N2O2/c1-2-3-11(8-13)12(15)14-6-7-16-9-10-4-5-10/h10-11H,2-9,13H2,1H3,(H,14,15). The molecule has 1 aliphatic carbocycles. The van der Waals surface area contributed by atoms with Crippen LogP contribution in [0.25, 0.3) is 0 Å². The second-order valence-electron chi connectivity index (χ2n) is 4.53. The zero-order valence-electron chi connectivity index (χ0n) is 10.2. The number of carbonyl (C=O) groups is 1. The first-order valence-electron chi connectivity index (χ1n) is 6.33. The van der Waals surface area contributed by atoms with Crippen LogP contribution in [0.5, 0.6) is 0 Å². The highest BCUT2D eigenvalue weighted by Gasteiger charge is 2.21. The van der Waals surface area contributed by atoms with Gasteiger partial charge in [-0.1, -0.05) is 13.3 Å². The van der Waals surface area contributed by atoms with Gasteiger partial charge in [-0.15, -0.1) is 0 Å². The Hall–Kier alpha value is -0.610. The molecule has 0 bridgehead atoms. The Kier molecular flexibility index (Phi) is 6.42. The van der Waals surface area contributed by atoms with Crippen LogP contribution in [0.1, 0.15) is 32.6 Å². The molecule has 0 aliphatic heterocycles. The number of nitrogens with one attached hydrogen (secondary N) is 1. The SMILES string of the molecule is CCCC(CN)C(=O)NCCOCC1CC1. The largest absolute Gasteiger partial charge is 0.379 e. The first-order chi connectivity index (χ1) is 7.77. The average Bonchev–Trinajstić information content (AvgIpc) is 3.09. The van der Waals surface area contributed by atoms with Gasteiger partial charge in [-0.3, -0.25) is 4.79 Å². The summed E-state index contributed by atoms with van der Waals surface area (Å²) in [5.41, 5.74) is 5.55. The summed E-state index contributed by atoms with van der Waals surface area (Å²) in [5.74, 6) is 0.820. The summed E-state index contributed by atoms with van der Waals surface area (Å²) >= 11 is 0. The van der Waals surface area contributed by atoms with Crippen LogP contribution in [0.4, 0.5) is 0 Å². The Balaban J connectivity index is 1.98. The van der Waals surface area contributed by atoms with E-state index in [2.05, 4.69) is 12.2 Å². The average molecular weight is 228 g/mol. The van der Waals surface area contributed by atoms with E-state index in [1.54, 1.807) is 0 Å². The molecule has 4 heteroatoms. The lowest BCUT2D eigenvalue weighted by Gasteiger charge is -2.13. The first kappa shape index (κ1) is 13.5. The molecule has 0 aromatic carbocycles. The van der Waals surface area contributed by atoms with Gasteiger partial charge in [-0.05, 0) is 25.2 Å². The fraction of sp³-hybridized carbons (Fsp3) is 0.917. The van der Waals surface area contributed by atoms with Crippen LogP contribution < -0.4 is 11.1 Å². The Morgan fingerprint density at radius 3 is 2.88 bits per heavy atom. The van der Waals surface area contributed by atoms with Gasteiger partial charge >= 0.3 is 0 Å². The summed E-state index contributed by atoms with van der Waals surface area (Å²) in [5, 5.41) is 2.87. The van der Waals surface area contributed by atoms with Crippen molar-refractivity contribution in [3.8, 4) is 0 Å². The van der Waals surface area contributed by atoms with E-state index in [-0.39, 0.29) is 11.8 Å². The fourth-order valence-electron chi connectivity index (χ4n) is 1.63. The molecule has 16 heavy (non-hydrogen) atoms. The molecule has 0 radical (unpaired) electrons. The molecule has 4 nitrogen and oxygen atoms in total. The lowest BCUT2D eigenvalue weighted by molar-refractivity contribution is -0.125. The van der Waals surface area contributed by atoms with E-state index in [1.807, 2.05) is 0 Å². The van der Waals surface area contributed by atoms with Crippen LogP contribution >= 0.6 is 0 Å². The third-order valence-corrected chi connectivity index (χ3v) is 2.89. The van der Waals surface area contributed by atoms with Gasteiger partial charge in [0.25, 0.3) is 0 Å². The number of amides is 1. The Labute approximate surface area is 97.9 Å². The predicted molar refractivity (Wildman–Crippen MR) is 64.0 cm³/mol. The number of hydrogen-bond donors (Lipinski definition) is 2. The minimum Gasteiger partial charge on any atom is -0.379 e. The molecule has 1 unspecified atom stereocenters. The highest BCUT2D eigenvalue weighted by Crippen LogP contribution is 2.28. The highest BCUT2D eigenvalue weighted by atomic mass is 16.5. The van der Waals surface area contributed by atoms with Gasteiger partial charge in [0.1, 0.15) is 0 Å². The number of carbonyl (C=O) groups excluding carboxylic acids is 1. The number of hydrogen-bond acceptors (Lipinski definition) is 3. The molecule has 0 aromatic rings. The summed E-state index contributed by atoms with van der Waals surface area (Å²) in [4.78, 5) is 11.6. The van der Waals surface area contributed by atoms with Gasteiger partial charge in [0.05, 0.1) is 12.5 Å². The van der Waals surface area contributed by atoms with Gasteiger partial charge in [0.2, 0.25) is 5.91 Å². The van der Waals surface area contributed by atoms with E-state index in [1.165, 1.54) is 12.8 Å². The van der Waals surface area contributed by atoms with Crippen molar-refractivity contribution < 1.29 is 9.53 Å². The number of nitrogens with two attached hydrogens (primary N) is 1. The number of rotatable bonds is 9. The van der Waals surface area contributed by atoms with Crippen LogP contribution in [0.3, 0.4) is 0 Å². The maximum absolute atomic E-state index is 11.6. The zero-order valence-corrected chi connectivity index (χ0v) is 10.2. The summed E-state index contributed by atoms with van der Waals surface area (Å²) in [6.07, 6.45) is 4.47. The van der Waals surface area contributed by atoms with E-state index < -0.39 is 0 Å². The van der Waals surface area contributed by atoms with Crippen LogP contribution in [0, 0.1) is 11.8 Å². The maximum Gasteiger partial charge on any atom is 0.224 e. The minimum atomic E-state index is -0.0339. The Bertz CT molecular complexity index is 205. The van der Waals surface area contributed by atoms with Gasteiger partial charge < -0.3 is 15.8 Å². The third-order valence-electron chi connectivity index (χ3n) is 2.89. The molecule has 1 aliphatic rings. The molecule has 0 spiro atoms. The molecule has 1 saturated carbocycles. The first-order valence-corrected chi connectivity index (χ1v) is 6.33. The van der Waals surface area contributed by atoms with E-state index in [0.717, 1.165) is 25.4 Å². The third kappa shape index (κ3) is 5.47. The lowest BCUT2D eigenvalue weighted by atomic mass is 10.0. The molecular weight excluding hydrogens is 204 g/mol. The second kappa shape index (κ2) is 7.63. The van der Waals surface area contributed by atoms with Gasteiger partial charge in [-0.25, -0.2) is 0 Å². The van der Waals surface area contributed by atoms with E-state index in [9.17, 15) is 4.79 Å². The lowest BCUT2D eigenvalue weighted by Crippen LogP contribution is -2.36. The summed E-state index contributed by atoms with van der Waals surface area (Å²) in [7, 11) is 0. The monoisotopic (exact) mass is 228 g/mol. The maximum atomic E-state index is 11.6. The van der Waals surface area contributed by atoms with Crippen molar-refractivity contribution in [3.63, 3.8) is 0 Å². The predicted octanol–water partition coefficient (Wildman–Crippen LogP) is 0.904. The van der Waals surface area contributed by atoms with Gasteiger partial charge in [0, 0.05) is 19.7 Å². The number of ether oxygens (including phenoxy) is 1. The van der Waals surface area contributed by atoms with Gasteiger partial charge in [-0.2, -0.15) is 0 Å². The Morgan fingerprint density at radius 2 is 2.31 bits per heavy atom. The molecule has 0 aromatic heterocycles. The summed E-state index contributed by atoms with van der Waals surface area (Å²) < 4.78 is 5.44. The molecule has 1 fully saturated rings. The zero-order chi connectivity index (χ0) is 11.8. The van der Waals surface area contributed by atoms with Crippen LogP contribution in [0.15, 0.2) is 0 Å². The van der Waals surface area contributed by atoms with Crippen LogP contribution in [-0.4, -0.2) is 32.2 Å². The smallest absolute Gasteiger partial charge is 0.224 e. The topological polar surface area (TPSA) is 64.4 Å².